The van der Waals surface area contributed by atoms with Crippen molar-refractivity contribution in [3.8, 4) is 0 Å². The number of anilines is 1. The van der Waals surface area contributed by atoms with E-state index >= 15 is 0 Å². The lowest BCUT2D eigenvalue weighted by Crippen LogP contribution is -2.27. The first kappa shape index (κ1) is 13.0. The number of hydrogen-bond donors (Lipinski definition) is 2. The quantitative estimate of drug-likeness (QED) is 0.823. The van der Waals surface area contributed by atoms with E-state index in [0.717, 1.165) is 25.7 Å². The Bertz CT molecular complexity index is 438. The highest BCUT2D eigenvalue weighted by Crippen LogP contribution is 2.23. The fourth-order valence-corrected chi connectivity index (χ4v) is 2.73. The normalized spacial score (nSPS) is 15.6. The first-order valence-electron chi connectivity index (χ1n) is 5.98. The molecule has 0 radical (unpaired) electrons. The molecule has 0 unspecified atom stereocenters. The molecule has 0 saturated heterocycles. The Morgan fingerprint density at radius 1 is 1.33 bits per heavy atom. The Morgan fingerprint density at radius 3 is 2.72 bits per heavy atom. The van der Waals surface area contributed by atoms with Crippen LogP contribution in [-0.2, 0) is 9.63 Å². The maximum absolute atomic E-state index is 11.8. The number of hydroxylamine groups is 1. The van der Waals surface area contributed by atoms with Crippen LogP contribution in [0.3, 0.4) is 0 Å². The van der Waals surface area contributed by atoms with E-state index in [4.69, 9.17) is 4.84 Å². The maximum atomic E-state index is 11.8. The van der Waals surface area contributed by atoms with Crippen LogP contribution < -0.4 is 10.8 Å². The molecule has 1 aliphatic carbocycles. The number of nitrogens with one attached hydrogen (secondary N) is 2. The molecule has 1 aromatic rings. The summed E-state index contributed by atoms with van der Waals surface area (Å²) in [5, 5.41) is 3.30. The van der Waals surface area contributed by atoms with E-state index in [1.54, 1.807) is 12.1 Å². The number of carbonyl (C=O) groups excluding carboxylic acids is 2. The second kappa shape index (κ2) is 5.97. The largest absolute Gasteiger partial charge is 0.318 e. The molecule has 18 heavy (non-hydrogen) atoms. The van der Waals surface area contributed by atoms with Gasteiger partial charge in [-0.15, -0.1) is 11.3 Å². The minimum absolute atomic E-state index is 0.142. The highest BCUT2D eigenvalue weighted by molar-refractivity contribution is 7.18. The Morgan fingerprint density at radius 2 is 2.06 bits per heavy atom. The first-order valence-corrected chi connectivity index (χ1v) is 6.80. The molecule has 6 heteroatoms. The molecule has 0 spiro atoms. The summed E-state index contributed by atoms with van der Waals surface area (Å²) in [5.41, 5.74) is 2.47. The predicted octanol–water partition coefficient (Wildman–Crippen LogP) is 2.31. The molecular weight excluding hydrogens is 252 g/mol. The zero-order valence-corrected chi connectivity index (χ0v) is 11.0. The van der Waals surface area contributed by atoms with Gasteiger partial charge in [-0.05, 0) is 25.0 Å². The van der Waals surface area contributed by atoms with Gasteiger partial charge in [0.25, 0.3) is 5.91 Å². The third-order valence-corrected chi connectivity index (χ3v) is 3.75. The molecule has 0 aromatic carbocycles. The van der Waals surface area contributed by atoms with Crippen LogP contribution in [0.25, 0.3) is 0 Å². The summed E-state index contributed by atoms with van der Waals surface area (Å²) in [4.78, 5) is 28.5. The fraction of sp³-hybridized carbons (Fsp3) is 0.500. The lowest BCUT2D eigenvalue weighted by molar-refractivity contribution is -0.114. The van der Waals surface area contributed by atoms with Crippen LogP contribution in [0.2, 0.25) is 0 Å². The van der Waals surface area contributed by atoms with Crippen LogP contribution in [0.4, 0.5) is 5.00 Å². The van der Waals surface area contributed by atoms with Gasteiger partial charge in [0, 0.05) is 6.92 Å². The predicted molar refractivity (Wildman–Crippen MR) is 69.4 cm³/mol. The molecule has 0 bridgehead atoms. The maximum Gasteiger partial charge on any atom is 0.284 e. The standard InChI is InChI=1S/C12H16N2O3S/c1-8(15)13-11-7-6-10(18-11)12(16)14-17-9-4-2-3-5-9/h6-7,9H,2-5H2,1H3,(H,13,15)(H,14,16). The third kappa shape index (κ3) is 3.54. The van der Waals surface area contributed by atoms with Gasteiger partial charge in [0.2, 0.25) is 5.91 Å². The number of carbonyl (C=O) groups is 2. The topological polar surface area (TPSA) is 67.4 Å². The molecule has 2 N–H and O–H groups in total. The van der Waals surface area contributed by atoms with Gasteiger partial charge in [0.05, 0.1) is 16.0 Å². The number of hydrogen-bond acceptors (Lipinski definition) is 4. The number of thiophene rings is 1. The molecule has 1 saturated carbocycles. The number of rotatable bonds is 4. The summed E-state index contributed by atoms with van der Waals surface area (Å²) in [6, 6.07) is 3.37. The van der Waals surface area contributed by atoms with Crippen molar-refractivity contribution < 1.29 is 14.4 Å². The van der Waals surface area contributed by atoms with Gasteiger partial charge in [0.15, 0.2) is 0 Å². The van der Waals surface area contributed by atoms with E-state index in [2.05, 4.69) is 10.8 Å². The SMILES string of the molecule is CC(=O)Nc1ccc(C(=O)NOC2CCCC2)s1. The van der Waals surface area contributed by atoms with Gasteiger partial charge < -0.3 is 5.32 Å². The molecule has 1 heterocycles. The molecule has 2 rings (SSSR count). The summed E-state index contributed by atoms with van der Waals surface area (Å²) >= 11 is 1.23. The highest BCUT2D eigenvalue weighted by atomic mass is 32.1. The summed E-state index contributed by atoms with van der Waals surface area (Å²) in [6.07, 6.45) is 4.46. The van der Waals surface area contributed by atoms with Gasteiger partial charge in [-0.1, -0.05) is 12.8 Å². The molecule has 0 atom stereocenters. The van der Waals surface area contributed by atoms with Crippen molar-refractivity contribution in [1.29, 1.82) is 0 Å². The summed E-state index contributed by atoms with van der Waals surface area (Å²) in [7, 11) is 0. The van der Waals surface area contributed by atoms with Gasteiger partial charge in [-0.25, -0.2) is 5.48 Å². The average molecular weight is 268 g/mol. The molecule has 0 aliphatic heterocycles. The van der Waals surface area contributed by atoms with E-state index in [1.165, 1.54) is 18.3 Å². The monoisotopic (exact) mass is 268 g/mol. The smallest absolute Gasteiger partial charge is 0.284 e. The van der Waals surface area contributed by atoms with Gasteiger partial charge in [-0.3, -0.25) is 14.4 Å². The van der Waals surface area contributed by atoms with Crippen molar-refractivity contribution in [1.82, 2.24) is 5.48 Å². The van der Waals surface area contributed by atoms with Gasteiger partial charge >= 0.3 is 0 Å². The van der Waals surface area contributed by atoms with E-state index < -0.39 is 0 Å². The van der Waals surface area contributed by atoms with Crippen LogP contribution >= 0.6 is 11.3 Å². The average Bonchev–Trinajstić information content (AvgIpc) is 2.95. The zero-order chi connectivity index (χ0) is 13.0. The second-order valence-electron chi connectivity index (χ2n) is 4.30. The number of amides is 2. The van der Waals surface area contributed by atoms with Crippen molar-refractivity contribution in [2.45, 2.75) is 38.7 Å². The van der Waals surface area contributed by atoms with E-state index in [1.807, 2.05) is 0 Å². The third-order valence-electron chi connectivity index (χ3n) is 2.75. The second-order valence-corrected chi connectivity index (χ2v) is 5.38. The molecule has 1 aliphatic rings. The van der Waals surface area contributed by atoms with Crippen LogP contribution in [0.15, 0.2) is 12.1 Å². The molecule has 2 amide bonds. The fourth-order valence-electron chi connectivity index (χ4n) is 1.89. The first-order chi connectivity index (χ1) is 8.65. The van der Waals surface area contributed by atoms with Crippen molar-refractivity contribution in [2.24, 2.45) is 0 Å². The molecule has 5 nitrogen and oxygen atoms in total. The van der Waals surface area contributed by atoms with E-state index in [-0.39, 0.29) is 17.9 Å². The van der Waals surface area contributed by atoms with Crippen molar-refractivity contribution in [2.75, 3.05) is 5.32 Å². The van der Waals surface area contributed by atoms with Crippen molar-refractivity contribution in [3.05, 3.63) is 17.0 Å². The van der Waals surface area contributed by atoms with E-state index in [0.29, 0.717) is 9.88 Å². The van der Waals surface area contributed by atoms with E-state index in [9.17, 15) is 9.59 Å². The van der Waals surface area contributed by atoms with Gasteiger partial charge in [-0.2, -0.15) is 0 Å². The van der Waals surface area contributed by atoms with Gasteiger partial charge in [0.1, 0.15) is 0 Å². The Hall–Kier alpha value is -1.40. The minimum Gasteiger partial charge on any atom is -0.318 e. The zero-order valence-electron chi connectivity index (χ0n) is 10.2. The highest BCUT2D eigenvalue weighted by Gasteiger charge is 2.18. The molecule has 1 fully saturated rings. The summed E-state index contributed by atoms with van der Waals surface area (Å²) in [6.45, 7) is 1.43. The lowest BCUT2D eigenvalue weighted by atomic mass is 10.3. The minimum atomic E-state index is -0.261. The van der Waals surface area contributed by atoms with Crippen LogP contribution in [0, 0.1) is 0 Å². The Labute approximate surface area is 109 Å². The van der Waals surface area contributed by atoms with Crippen molar-refractivity contribution >= 4 is 28.2 Å². The summed E-state index contributed by atoms with van der Waals surface area (Å²) < 4.78 is 0. The van der Waals surface area contributed by atoms with Crippen LogP contribution in [-0.4, -0.2) is 17.9 Å². The summed E-state index contributed by atoms with van der Waals surface area (Å²) in [5.74, 6) is -0.408. The Kier molecular flexibility index (Phi) is 4.33. The molecule has 98 valence electrons. The van der Waals surface area contributed by atoms with Crippen LogP contribution in [0.1, 0.15) is 42.3 Å². The molecule has 1 aromatic heterocycles. The Balaban J connectivity index is 1.84. The van der Waals surface area contributed by atoms with Crippen LogP contribution in [0.5, 0.6) is 0 Å². The molecular formula is C12H16N2O3S. The lowest BCUT2D eigenvalue weighted by Gasteiger charge is -2.10. The van der Waals surface area contributed by atoms with Crippen molar-refractivity contribution in [3.63, 3.8) is 0 Å².